The van der Waals surface area contributed by atoms with Gasteiger partial charge in [0.1, 0.15) is 5.75 Å². The molecule has 0 spiro atoms. The van der Waals surface area contributed by atoms with Crippen LogP contribution >= 0.6 is 59.4 Å². The van der Waals surface area contributed by atoms with Gasteiger partial charge in [0.25, 0.3) is 8.45 Å². The maximum absolute atomic E-state index is 6.66. The molecule has 1 heterocycles. The molecular weight excluding hydrogens is 704 g/mol. The first-order valence-electron chi connectivity index (χ1n) is 13.7. The summed E-state index contributed by atoms with van der Waals surface area (Å²) in [7, 11) is -7.90. The topological polar surface area (TPSA) is 152 Å². The van der Waals surface area contributed by atoms with Crippen molar-refractivity contribution in [2.45, 2.75) is 59.9 Å². The minimum atomic E-state index is -3.59. The lowest BCUT2D eigenvalue weighted by Gasteiger charge is -2.45. The second kappa shape index (κ2) is 15.4. The number of rotatable bonds is 12. The maximum Gasteiger partial charge on any atom is 0.339 e. The normalized spacial score (nSPS) is 18.8. The van der Waals surface area contributed by atoms with Gasteiger partial charge in [-0.2, -0.15) is 4.52 Å². The Kier molecular flexibility index (Phi) is 12.4. The molecule has 1 aliphatic heterocycles. The molecule has 2 unspecified atom stereocenters. The fourth-order valence-electron chi connectivity index (χ4n) is 3.60. The van der Waals surface area contributed by atoms with Gasteiger partial charge in [0, 0.05) is 26.3 Å². The zero-order chi connectivity index (χ0) is 33.1. The molecule has 0 fully saturated rings. The molecule has 3 aromatic rings. The molecule has 0 saturated carbocycles. The second-order valence-electron chi connectivity index (χ2n) is 10.4. The summed E-state index contributed by atoms with van der Waals surface area (Å²) in [6.07, 6.45) is -1.05. The Morgan fingerprint density at radius 2 is 1.11 bits per heavy atom. The number of halogens is 3. The van der Waals surface area contributed by atoms with Crippen molar-refractivity contribution in [3.05, 3.63) is 69.7 Å². The molecule has 246 valence electrons. The second-order valence-corrected chi connectivity index (χ2v) is 17.2. The molecule has 45 heavy (non-hydrogen) atoms. The highest BCUT2D eigenvalue weighted by atomic mass is 35.5. The largest absolute Gasteiger partial charge is 0.439 e. The zero-order valence-corrected chi connectivity index (χ0v) is 30.4. The van der Waals surface area contributed by atoms with Gasteiger partial charge in [-0.3, -0.25) is 0 Å². The molecule has 1 aliphatic rings. The molecule has 12 nitrogen and oxygen atoms in total. The van der Waals surface area contributed by atoms with Crippen LogP contribution in [0.5, 0.6) is 17.2 Å². The van der Waals surface area contributed by atoms with Gasteiger partial charge in [-0.15, -0.1) is 0 Å². The third kappa shape index (κ3) is 9.19. The fourth-order valence-corrected chi connectivity index (χ4v) is 12.4. The van der Waals surface area contributed by atoms with Gasteiger partial charge in [-0.05, 0) is 96.1 Å². The summed E-state index contributed by atoms with van der Waals surface area (Å²) in [6.45, 7) is 11.2. The van der Waals surface area contributed by atoms with Crippen LogP contribution in [0, 0.1) is 0 Å². The molecule has 0 aromatic heterocycles. The number of nitrogens with two attached hydrogens (primary N) is 3. The van der Waals surface area contributed by atoms with Gasteiger partial charge in [-0.1, -0.05) is 34.8 Å². The summed E-state index contributed by atoms with van der Waals surface area (Å²) >= 11 is 19.8. The van der Waals surface area contributed by atoms with Crippen LogP contribution in [0.25, 0.3) is 0 Å². The minimum Gasteiger partial charge on any atom is -0.439 e. The van der Waals surface area contributed by atoms with E-state index in [1.54, 1.807) is 54.6 Å². The number of anilines is 3. The Morgan fingerprint density at radius 1 is 0.667 bits per heavy atom. The average Bonchev–Trinajstić information content (AvgIpc) is 2.90. The number of nitrogens with zero attached hydrogens (tertiary/aromatic N) is 3. The van der Waals surface area contributed by atoms with Gasteiger partial charge in [-0.25, -0.2) is 0 Å². The Labute approximate surface area is 280 Å². The van der Waals surface area contributed by atoms with Gasteiger partial charge in [0.05, 0.1) is 33.4 Å². The van der Waals surface area contributed by atoms with E-state index in [2.05, 4.69) is 0 Å². The summed E-state index contributed by atoms with van der Waals surface area (Å²) in [5.41, 5.74) is 19.3. The van der Waals surface area contributed by atoms with Crippen molar-refractivity contribution >= 4 is 76.4 Å². The summed E-state index contributed by atoms with van der Waals surface area (Å²) in [4.78, 5) is 13.0. The van der Waals surface area contributed by atoms with Crippen LogP contribution in [0.4, 0.5) is 17.1 Å². The van der Waals surface area contributed by atoms with E-state index in [9.17, 15) is 0 Å². The van der Waals surface area contributed by atoms with Crippen molar-refractivity contribution in [3.8, 4) is 17.2 Å². The molecule has 18 heteroatoms. The Bertz CT molecular complexity index is 1540. The van der Waals surface area contributed by atoms with E-state index in [1.807, 2.05) is 41.5 Å². The number of benzene rings is 3. The highest BCUT2D eigenvalue weighted by Crippen LogP contribution is 2.79. The van der Waals surface area contributed by atoms with Crippen LogP contribution in [-0.2, 0) is 13.6 Å². The summed E-state index contributed by atoms with van der Waals surface area (Å²) in [5.74, 6) is 0.747. The fraction of sp³-hybridized carbons (Fsp3) is 0.333. The smallest absolute Gasteiger partial charge is 0.339 e. The van der Waals surface area contributed by atoms with Gasteiger partial charge < -0.3 is 45.0 Å². The quantitative estimate of drug-likeness (QED) is 0.120. The van der Waals surface area contributed by atoms with Crippen LogP contribution in [0.15, 0.2) is 59.1 Å². The van der Waals surface area contributed by atoms with E-state index in [0.29, 0.717) is 17.1 Å². The summed E-state index contributed by atoms with van der Waals surface area (Å²) in [5, 5.41) is 0.707. The molecule has 6 N–H and O–H groups in total. The molecule has 0 amide bonds. The molecule has 0 bridgehead atoms. The van der Waals surface area contributed by atoms with Crippen LogP contribution in [0.1, 0.15) is 41.5 Å². The molecular formula is C27H36Cl3N6O6P3. The Balaban J connectivity index is 2.01. The SMILES string of the molecule is CC(C)OP1N=P(OC(C)C)(OC(C)C)N(Oc2ccc(N)cc2Cl)P(Oc2ccc(N)cc2Cl)N1Oc1ccc(N)cc1Cl. The first-order valence-corrected chi connectivity index (χ1v) is 18.7. The molecule has 0 aliphatic carbocycles. The highest BCUT2D eigenvalue weighted by molar-refractivity contribution is 7.78. The molecule has 0 radical (unpaired) electrons. The van der Waals surface area contributed by atoms with E-state index in [-0.39, 0.29) is 50.6 Å². The van der Waals surface area contributed by atoms with E-state index in [4.69, 9.17) is 84.3 Å². The molecule has 0 saturated heterocycles. The van der Waals surface area contributed by atoms with Crippen molar-refractivity contribution in [1.82, 2.24) is 9.21 Å². The monoisotopic (exact) mass is 738 g/mol. The predicted molar refractivity (Wildman–Crippen MR) is 185 cm³/mol. The number of hydrogen-bond acceptors (Lipinski definition) is 12. The lowest BCUT2D eigenvalue weighted by molar-refractivity contribution is 0.0245. The predicted octanol–water partition coefficient (Wildman–Crippen LogP) is 10.1. The van der Waals surface area contributed by atoms with Crippen LogP contribution in [0.2, 0.25) is 15.1 Å². The molecule has 4 rings (SSSR count). The minimum absolute atomic E-state index is 0.225. The maximum atomic E-state index is 6.66. The lowest BCUT2D eigenvalue weighted by atomic mass is 10.3. The van der Waals surface area contributed by atoms with Gasteiger partial charge >= 0.3 is 16.1 Å². The van der Waals surface area contributed by atoms with Crippen LogP contribution in [0.3, 0.4) is 0 Å². The lowest BCUT2D eigenvalue weighted by Crippen LogP contribution is -2.36. The van der Waals surface area contributed by atoms with Crippen LogP contribution in [-0.4, -0.2) is 27.5 Å². The standard InChI is InChI=1S/C27H36Cl3N6O6P3/c1-16(2)39-43-34-45(41-17(3)4,42-18(5)6)36(38-26-11-8-20(32)14-23(26)29)44(40-27-12-9-21(33)15-24(27)30)35(43)37-25-10-7-19(31)13-22(25)28/h7-18H,31-33H2,1-6H3. The van der Waals surface area contributed by atoms with Crippen molar-refractivity contribution in [2.75, 3.05) is 17.2 Å². The van der Waals surface area contributed by atoms with E-state index in [1.165, 1.54) is 9.21 Å². The average molecular weight is 740 g/mol. The summed E-state index contributed by atoms with van der Waals surface area (Å²) in [6, 6.07) is 14.5. The van der Waals surface area contributed by atoms with E-state index < -0.39 is 24.6 Å². The first-order chi connectivity index (χ1) is 21.2. The zero-order valence-electron chi connectivity index (χ0n) is 25.4. The van der Waals surface area contributed by atoms with Crippen molar-refractivity contribution in [3.63, 3.8) is 0 Å². The third-order valence-electron chi connectivity index (χ3n) is 5.25. The Hall–Kier alpha value is -1.78. The van der Waals surface area contributed by atoms with E-state index >= 15 is 0 Å². The van der Waals surface area contributed by atoms with Crippen molar-refractivity contribution in [1.29, 1.82) is 0 Å². The molecule has 3 aromatic carbocycles. The van der Waals surface area contributed by atoms with Crippen molar-refractivity contribution in [2.24, 2.45) is 4.52 Å². The van der Waals surface area contributed by atoms with Gasteiger partial charge in [0.2, 0.25) is 0 Å². The molecule has 2 atom stereocenters. The number of nitrogen functional groups attached to an aromatic ring is 3. The number of hydrogen-bond donors (Lipinski definition) is 3. The highest BCUT2D eigenvalue weighted by Gasteiger charge is 2.56. The third-order valence-corrected chi connectivity index (χ3v) is 13.7. The van der Waals surface area contributed by atoms with Gasteiger partial charge in [0.15, 0.2) is 11.5 Å². The van der Waals surface area contributed by atoms with E-state index in [0.717, 1.165) is 0 Å². The first kappa shape index (κ1) is 36.1. The Morgan fingerprint density at radius 3 is 1.53 bits per heavy atom. The summed E-state index contributed by atoms with van der Waals surface area (Å²) < 4.78 is 34.0. The van der Waals surface area contributed by atoms with Crippen molar-refractivity contribution < 1.29 is 27.8 Å². The van der Waals surface area contributed by atoms with Crippen LogP contribution < -0.4 is 31.4 Å².